The summed E-state index contributed by atoms with van der Waals surface area (Å²) >= 11 is 1.94. The van der Waals surface area contributed by atoms with E-state index in [1.807, 2.05) is 60.3 Å². The first-order valence-corrected chi connectivity index (χ1v) is 12.3. The van der Waals surface area contributed by atoms with Crippen molar-refractivity contribution in [2.45, 2.75) is 43.1 Å². The number of anilines is 2. The van der Waals surface area contributed by atoms with E-state index in [1.54, 1.807) is 4.90 Å². The van der Waals surface area contributed by atoms with Gasteiger partial charge in [0.2, 0.25) is 0 Å². The summed E-state index contributed by atoms with van der Waals surface area (Å²) in [5.74, 6) is 0.914. The summed E-state index contributed by atoms with van der Waals surface area (Å²) in [5.41, 5.74) is 3.20. The van der Waals surface area contributed by atoms with Crippen molar-refractivity contribution in [3.8, 4) is 0 Å². The minimum atomic E-state index is -0.243. The van der Waals surface area contributed by atoms with Crippen molar-refractivity contribution >= 4 is 46.0 Å². The van der Waals surface area contributed by atoms with Gasteiger partial charge >= 0.3 is 6.03 Å². The standard InChI is InChI=1S/C25H27N3O3S/c29-24(27-17-10-12-18(13-11-17)28-15-14-26-25(28)30)23-21(16-32-19-6-2-1-3-7-19)20-8-4-5-9-22(20)31-23/h4-5,8-13,19H,1-3,6-7,14-16H2,(H,26,30)(H,27,29). The largest absolute Gasteiger partial charge is 0.451 e. The smallest absolute Gasteiger partial charge is 0.321 e. The highest BCUT2D eigenvalue weighted by Gasteiger charge is 2.24. The number of fused-ring (bicyclic) bond motifs is 1. The van der Waals surface area contributed by atoms with Crippen LogP contribution in [0.5, 0.6) is 0 Å². The van der Waals surface area contributed by atoms with Gasteiger partial charge in [-0.25, -0.2) is 4.79 Å². The Morgan fingerprint density at radius 2 is 1.88 bits per heavy atom. The molecule has 166 valence electrons. The summed E-state index contributed by atoms with van der Waals surface area (Å²) in [5, 5.41) is 7.43. The van der Waals surface area contributed by atoms with Crippen LogP contribution < -0.4 is 15.5 Å². The number of nitrogens with zero attached hydrogens (tertiary/aromatic N) is 1. The lowest BCUT2D eigenvalue weighted by Crippen LogP contribution is -2.27. The van der Waals surface area contributed by atoms with E-state index in [1.165, 1.54) is 32.1 Å². The van der Waals surface area contributed by atoms with E-state index in [-0.39, 0.29) is 11.9 Å². The lowest BCUT2D eigenvalue weighted by Gasteiger charge is -2.20. The van der Waals surface area contributed by atoms with Gasteiger partial charge in [0, 0.05) is 46.4 Å². The van der Waals surface area contributed by atoms with Gasteiger partial charge in [0.1, 0.15) is 5.58 Å². The first-order chi connectivity index (χ1) is 15.7. The number of nitrogens with one attached hydrogen (secondary N) is 2. The lowest BCUT2D eigenvalue weighted by atomic mass is 10.0. The first-order valence-electron chi connectivity index (χ1n) is 11.3. The van der Waals surface area contributed by atoms with Gasteiger partial charge in [0.15, 0.2) is 5.76 Å². The van der Waals surface area contributed by atoms with E-state index in [2.05, 4.69) is 10.6 Å². The third-order valence-electron chi connectivity index (χ3n) is 6.21. The average Bonchev–Trinajstić information content (AvgIpc) is 3.42. The SMILES string of the molecule is O=C(Nc1ccc(N2CCNC2=O)cc1)c1oc2ccccc2c1CSC1CCCCC1. The maximum Gasteiger partial charge on any atom is 0.321 e. The highest BCUT2D eigenvalue weighted by atomic mass is 32.2. The van der Waals surface area contributed by atoms with Gasteiger partial charge in [-0.15, -0.1) is 0 Å². The fraction of sp³-hybridized carbons (Fsp3) is 0.360. The normalized spacial score (nSPS) is 17.0. The second-order valence-electron chi connectivity index (χ2n) is 8.36. The molecule has 1 aliphatic heterocycles. The van der Waals surface area contributed by atoms with Crippen molar-refractivity contribution in [1.82, 2.24) is 5.32 Å². The summed E-state index contributed by atoms with van der Waals surface area (Å²) in [6.07, 6.45) is 6.44. The summed E-state index contributed by atoms with van der Waals surface area (Å²) in [4.78, 5) is 26.7. The Morgan fingerprint density at radius 3 is 2.62 bits per heavy atom. The van der Waals surface area contributed by atoms with E-state index in [0.717, 1.165) is 28.0 Å². The number of carbonyl (C=O) groups excluding carboxylic acids is 2. The topological polar surface area (TPSA) is 74.6 Å². The van der Waals surface area contributed by atoms with Crippen LogP contribution >= 0.6 is 11.8 Å². The van der Waals surface area contributed by atoms with Crippen molar-refractivity contribution in [3.05, 3.63) is 59.9 Å². The molecule has 3 aromatic rings. The number of urea groups is 1. The average molecular weight is 450 g/mol. The Morgan fingerprint density at radius 1 is 1.09 bits per heavy atom. The molecule has 0 spiro atoms. The van der Waals surface area contributed by atoms with Crippen LogP contribution in [0, 0.1) is 0 Å². The molecule has 2 N–H and O–H groups in total. The van der Waals surface area contributed by atoms with Crippen molar-refractivity contribution < 1.29 is 14.0 Å². The Kier molecular flexibility index (Phi) is 6.08. The Hall–Kier alpha value is -2.93. The minimum absolute atomic E-state index is 0.0934. The van der Waals surface area contributed by atoms with E-state index < -0.39 is 0 Å². The maximum absolute atomic E-state index is 13.2. The van der Waals surface area contributed by atoms with Crippen LogP contribution in [-0.2, 0) is 5.75 Å². The molecule has 2 aromatic carbocycles. The van der Waals surface area contributed by atoms with Crippen molar-refractivity contribution in [2.75, 3.05) is 23.3 Å². The fourth-order valence-electron chi connectivity index (χ4n) is 4.49. The third kappa shape index (κ3) is 4.35. The second kappa shape index (κ2) is 9.28. The van der Waals surface area contributed by atoms with Crippen LogP contribution in [0.3, 0.4) is 0 Å². The fourth-order valence-corrected chi connectivity index (χ4v) is 5.84. The van der Waals surface area contributed by atoms with E-state index in [4.69, 9.17) is 4.42 Å². The van der Waals surface area contributed by atoms with Crippen LogP contribution in [0.2, 0.25) is 0 Å². The molecule has 2 fully saturated rings. The van der Waals surface area contributed by atoms with E-state index >= 15 is 0 Å². The van der Waals surface area contributed by atoms with Crippen molar-refractivity contribution in [3.63, 3.8) is 0 Å². The molecule has 2 heterocycles. The van der Waals surface area contributed by atoms with Crippen LogP contribution in [0.4, 0.5) is 16.2 Å². The third-order valence-corrected chi connectivity index (χ3v) is 7.61. The highest BCUT2D eigenvalue weighted by Crippen LogP contribution is 2.35. The van der Waals surface area contributed by atoms with Gasteiger partial charge in [-0.05, 0) is 43.2 Å². The van der Waals surface area contributed by atoms with Crippen molar-refractivity contribution in [2.24, 2.45) is 0 Å². The number of hydrogen-bond acceptors (Lipinski definition) is 4. The van der Waals surface area contributed by atoms with Crippen molar-refractivity contribution in [1.29, 1.82) is 0 Å². The molecule has 5 rings (SSSR count). The van der Waals surface area contributed by atoms with Crippen LogP contribution in [-0.4, -0.2) is 30.3 Å². The number of benzene rings is 2. The molecule has 32 heavy (non-hydrogen) atoms. The molecule has 1 saturated carbocycles. The molecule has 0 atom stereocenters. The number of rotatable bonds is 6. The first kappa shape index (κ1) is 20.9. The predicted octanol–water partition coefficient (Wildman–Crippen LogP) is 5.78. The summed E-state index contributed by atoms with van der Waals surface area (Å²) < 4.78 is 6.01. The predicted molar refractivity (Wildman–Crippen MR) is 130 cm³/mol. The number of hydrogen-bond donors (Lipinski definition) is 2. The Labute approximate surface area is 191 Å². The van der Waals surface area contributed by atoms with Gasteiger partial charge in [0.05, 0.1) is 0 Å². The summed E-state index contributed by atoms with van der Waals surface area (Å²) in [6, 6.07) is 15.1. The molecule has 0 bridgehead atoms. The summed E-state index contributed by atoms with van der Waals surface area (Å²) in [7, 11) is 0. The molecule has 1 aromatic heterocycles. The van der Waals surface area contributed by atoms with E-state index in [0.29, 0.717) is 29.8 Å². The molecular weight excluding hydrogens is 422 g/mol. The Balaban J connectivity index is 1.34. The van der Waals surface area contributed by atoms with Crippen LogP contribution in [0.1, 0.15) is 48.2 Å². The van der Waals surface area contributed by atoms with Gasteiger partial charge in [-0.3, -0.25) is 9.69 Å². The molecule has 3 amide bonds. The van der Waals surface area contributed by atoms with Gasteiger partial charge in [0.25, 0.3) is 5.91 Å². The molecule has 1 saturated heterocycles. The molecule has 7 heteroatoms. The zero-order valence-corrected chi connectivity index (χ0v) is 18.7. The van der Waals surface area contributed by atoms with Gasteiger partial charge in [-0.2, -0.15) is 11.8 Å². The van der Waals surface area contributed by atoms with Crippen LogP contribution in [0.15, 0.2) is 52.9 Å². The molecule has 0 unspecified atom stereocenters. The quantitative estimate of drug-likeness (QED) is 0.500. The second-order valence-corrected chi connectivity index (χ2v) is 9.65. The number of amides is 3. The number of carbonyl (C=O) groups is 2. The minimum Gasteiger partial charge on any atom is -0.451 e. The molecule has 6 nitrogen and oxygen atoms in total. The number of para-hydroxylation sites is 1. The summed E-state index contributed by atoms with van der Waals surface area (Å²) in [6.45, 7) is 1.29. The lowest BCUT2D eigenvalue weighted by molar-refractivity contribution is 0.0998. The molecular formula is C25H27N3O3S. The van der Waals surface area contributed by atoms with E-state index in [9.17, 15) is 9.59 Å². The number of furan rings is 1. The zero-order valence-electron chi connectivity index (χ0n) is 17.9. The van der Waals surface area contributed by atoms with Gasteiger partial charge in [-0.1, -0.05) is 37.5 Å². The maximum atomic E-state index is 13.2. The van der Waals surface area contributed by atoms with Crippen LogP contribution in [0.25, 0.3) is 11.0 Å². The van der Waals surface area contributed by atoms with Gasteiger partial charge < -0.3 is 15.1 Å². The Bertz CT molecular complexity index is 1120. The zero-order chi connectivity index (χ0) is 21.9. The number of thioether (sulfide) groups is 1. The highest BCUT2D eigenvalue weighted by molar-refractivity contribution is 7.99. The molecule has 2 aliphatic rings. The molecule has 1 aliphatic carbocycles. The monoisotopic (exact) mass is 449 g/mol. The molecule has 0 radical (unpaired) electrons.